The number of amides is 2. The summed E-state index contributed by atoms with van der Waals surface area (Å²) in [5.74, 6) is -2.01. The molecule has 1 aromatic carbocycles. The SMILES string of the molecule is O=C(OCc1ccccc1)N1CC(NC(=O)C(F)(F)F)C2(COC2)C1. The van der Waals surface area contributed by atoms with Crippen LogP contribution in [0.4, 0.5) is 18.0 Å². The molecule has 1 atom stereocenters. The van der Waals surface area contributed by atoms with Crippen LogP contribution in [-0.4, -0.2) is 55.4 Å². The van der Waals surface area contributed by atoms with E-state index in [1.54, 1.807) is 12.1 Å². The average molecular weight is 358 g/mol. The van der Waals surface area contributed by atoms with Crippen molar-refractivity contribution in [1.29, 1.82) is 0 Å². The van der Waals surface area contributed by atoms with E-state index in [1.165, 1.54) is 4.90 Å². The van der Waals surface area contributed by atoms with Crippen molar-refractivity contribution in [1.82, 2.24) is 10.2 Å². The summed E-state index contributed by atoms with van der Waals surface area (Å²) in [5, 5.41) is 1.98. The molecule has 3 rings (SSSR count). The fourth-order valence-electron chi connectivity index (χ4n) is 3.01. The van der Waals surface area contributed by atoms with E-state index in [4.69, 9.17) is 9.47 Å². The fraction of sp³-hybridized carbons (Fsp3) is 0.500. The van der Waals surface area contributed by atoms with Gasteiger partial charge in [0.05, 0.1) is 24.7 Å². The predicted octanol–water partition coefficient (Wildman–Crippen LogP) is 1.70. The summed E-state index contributed by atoms with van der Waals surface area (Å²) in [6.45, 7) is 0.595. The second-order valence-electron chi connectivity index (χ2n) is 6.30. The van der Waals surface area contributed by atoms with Crippen molar-refractivity contribution in [3.63, 3.8) is 0 Å². The molecule has 2 aliphatic rings. The Hall–Kier alpha value is -2.29. The second-order valence-corrected chi connectivity index (χ2v) is 6.30. The van der Waals surface area contributed by atoms with Crippen molar-refractivity contribution < 1.29 is 32.2 Å². The highest BCUT2D eigenvalue weighted by Gasteiger charge is 2.55. The Bertz CT molecular complexity index is 647. The van der Waals surface area contributed by atoms with Crippen molar-refractivity contribution in [3.05, 3.63) is 35.9 Å². The number of rotatable bonds is 3. The number of carbonyl (C=O) groups is 2. The Kier molecular flexibility index (Phi) is 4.59. The smallest absolute Gasteiger partial charge is 0.445 e. The van der Waals surface area contributed by atoms with Crippen LogP contribution in [0, 0.1) is 5.41 Å². The number of alkyl halides is 3. The maximum atomic E-state index is 12.5. The molecule has 0 radical (unpaired) electrons. The zero-order valence-electron chi connectivity index (χ0n) is 13.2. The lowest BCUT2D eigenvalue weighted by atomic mass is 9.81. The first-order chi connectivity index (χ1) is 11.8. The number of benzene rings is 1. The molecule has 0 aromatic heterocycles. The molecule has 6 nitrogen and oxygen atoms in total. The van der Waals surface area contributed by atoms with Crippen molar-refractivity contribution in [2.75, 3.05) is 26.3 Å². The molecule has 2 heterocycles. The molecule has 0 bridgehead atoms. The van der Waals surface area contributed by atoms with Crippen LogP contribution in [0.2, 0.25) is 0 Å². The van der Waals surface area contributed by atoms with Gasteiger partial charge in [-0.15, -0.1) is 0 Å². The van der Waals surface area contributed by atoms with Crippen LogP contribution in [0.15, 0.2) is 30.3 Å². The van der Waals surface area contributed by atoms with Crippen molar-refractivity contribution in [3.8, 4) is 0 Å². The first kappa shape index (κ1) is 17.5. The lowest BCUT2D eigenvalue weighted by Crippen LogP contribution is -2.59. The normalized spacial score (nSPS) is 21.7. The topological polar surface area (TPSA) is 67.9 Å². The number of hydrogen-bond acceptors (Lipinski definition) is 4. The van der Waals surface area contributed by atoms with Gasteiger partial charge in [-0.05, 0) is 5.56 Å². The van der Waals surface area contributed by atoms with Crippen molar-refractivity contribution in [2.45, 2.75) is 18.8 Å². The quantitative estimate of drug-likeness (QED) is 0.893. The monoisotopic (exact) mass is 358 g/mol. The molecule has 0 aliphatic carbocycles. The Labute approximate surface area is 141 Å². The summed E-state index contributed by atoms with van der Waals surface area (Å²) >= 11 is 0. The average Bonchev–Trinajstić information content (AvgIpc) is 2.92. The van der Waals surface area contributed by atoms with Gasteiger partial charge >= 0.3 is 18.2 Å². The minimum atomic E-state index is -4.97. The molecule has 2 amide bonds. The summed E-state index contributed by atoms with van der Waals surface area (Å²) in [4.78, 5) is 24.7. The third kappa shape index (κ3) is 3.71. The van der Waals surface area contributed by atoms with E-state index in [0.717, 1.165) is 5.56 Å². The van der Waals surface area contributed by atoms with E-state index in [0.29, 0.717) is 0 Å². The minimum Gasteiger partial charge on any atom is -0.445 e. The van der Waals surface area contributed by atoms with Gasteiger partial charge in [0.25, 0.3) is 0 Å². The Morgan fingerprint density at radius 3 is 2.52 bits per heavy atom. The zero-order chi connectivity index (χ0) is 18.1. The van der Waals surface area contributed by atoms with Gasteiger partial charge in [-0.25, -0.2) is 4.79 Å². The Morgan fingerprint density at radius 2 is 1.96 bits per heavy atom. The van der Waals surface area contributed by atoms with Crippen LogP contribution in [0.3, 0.4) is 0 Å². The Balaban J connectivity index is 1.60. The molecular weight excluding hydrogens is 341 g/mol. The van der Waals surface area contributed by atoms with E-state index < -0.39 is 29.6 Å². The highest BCUT2D eigenvalue weighted by molar-refractivity contribution is 5.82. The maximum absolute atomic E-state index is 12.5. The molecule has 1 aromatic rings. The third-order valence-corrected chi connectivity index (χ3v) is 4.45. The lowest BCUT2D eigenvalue weighted by molar-refractivity contribution is -0.178. The summed E-state index contributed by atoms with van der Waals surface area (Å²) in [6.07, 6.45) is -5.59. The van der Waals surface area contributed by atoms with Crippen LogP contribution >= 0.6 is 0 Å². The van der Waals surface area contributed by atoms with Crippen molar-refractivity contribution in [2.24, 2.45) is 5.41 Å². The molecule has 2 aliphatic heterocycles. The van der Waals surface area contributed by atoms with Gasteiger partial charge < -0.3 is 19.7 Å². The molecule has 1 unspecified atom stereocenters. The first-order valence-corrected chi connectivity index (χ1v) is 7.71. The van der Waals surface area contributed by atoms with Gasteiger partial charge in [0.2, 0.25) is 0 Å². The number of likely N-dealkylation sites (tertiary alicyclic amines) is 1. The minimum absolute atomic E-state index is 0.0429. The van der Waals surface area contributed by atoms with Gasteiger partial charge in [0.15, 0.2) is 0 Å². The summed E-state index contributed by atoms with van der Waals surface area (Å²) < 4.78 is 47.8. The second kappa shape index (κ2) is 6.55. The highest BCUT2D eigenvalue weighted by Crippen LogP contribution is 2.38. The number of halogens is 3. The van der Waals surface area contributed by atoms with E-state index in [2.05, 4.69) is 0 Å². The van der Waals surface area contributed by atoms with E-state index in [1.807, 2.05) is 23.5 Å². The maximum Gasteiger partial charge on any atom is 0.471 e. The molecule has 1 N–H and O–H groups in total. The van der Waals surface area contributed by atoms with Gasteiger partial charge in [-0.1, -0.05) is 30.3 Å². The number of nitrogens with one attached hydrogen (secondary N) is 1. The van der Waals surface area contributed by atoms with Crippen LogP contribution < -0.4 is 5.32 Å². The molecule has 1 spiro atoms. The molecule has 9 heteroatoms. The number of hydrogen-bond donors (Lipinski definition) is 1. The predicted molar refractivity (Wildman–Crippen MR) is 79.4 cm³/mol. The van der Waals surface area contributed by atoms with Gasteiger partial charge in [0, 0.05) is 13.1 Å². The number of nitrogens with zero attached hydrogens (tertiary/aromatic N) is 1. The van der Waals surface area contributed by atoms with E-state index in [-0.39, 0.29) is 32.9 Å². The van der Waals surface area contributed by atoms with Gasteiger partial charge in [-0.2, -0.15) is 13.2 Å². The number of ether oxygens (including phenoxy) is 2. The molecule has 136 valence electrons. The van der Waals surface area contributed by atoms with E-state index in [9.17, 15) is 22.8 Å². The van der Waals surface area contributed by atoms with Crippen LogP contribution in [-0.2, 0) is 20.9 Å². The van der Waals surface area contributed by atoms with Gasteiger partial charge in [0.1, 0.15) is 6.61 Å². The molecule has 25 heavy (non-hydrogen) atoms. The largest absolute Gasteiger partial charge is 0.471 e. The highest BCUT2D eigenvalue weighted by atomic mass is 19.4. The molecule has 0 saturated carbocycles. The van der Waals surface area contributed by atoms with Crippen LogP contribution in [0.25, 0.3) is 0 Å². The third-order valence-electron chi connectivity index (χ3n) is 4.45. The van der Waals surface area contributed by atoms with Gasteiger partial charge in [-0.3, -0.25) is 4.79 Å². The van der Waals surface area contributed by atoms with Crippen LogP contribution in [0.5, 0.6) is 0 Å². The fourth-order valence-corrected chi connectivity index (χ4v) is 3.01. The van der Waals surface area contributed by atoms with Crippen LogP contribution in [0.1, 0.15) is 5.56 Å². The molecular formula is C16H17F3N2O4. The standard InChI is InChI=1S/C16H17F3N2O4/c17-16(18,19)13(22)20-12-6-21(8-15(12)9-24-10-15)14(23)25-7-11-4-2-1-3-5-11/h1-5,12H,6-10H2,(H,20,22). The number of carbonyl (C=O) groups excluding carboxylic acids is 2. The first-order valence-electron chi connectivity index (χ1n) is 7.71. The summed E-state index contributed by atoms with van der Waals surface area (Å²) in [5.41, 5.74) is 0.116. The zero-order valence-corrected chi connectivity index (χ0v) is 13.2. The molecule has 2 saturated heterocycles. The summed E-state index contributed by atoms with van der Waals surface area (Å²) in [6, 6.07) is 8.22. The lowest BCUT2D eigenvalue weighted by Gasteiger charge is -2.42. The van der Waals surface area contributed by atoms with E-state index >= 15 is 0 Å². The molecule has 2 fully saturated rings. The summed E-state index contributed by atoms with van der Waals surface area (Å²) in [7, 11) is 0. The van der Waals surface area contributed by atoms with Crippen molar-refractivity contribution >= 4 is 12.0 Å². The Morgan fingerprint density at radius 1 is 1.28 bits per heavy atom.